The highest BCUT2D eigenvalue weighted by Gasteiger charge is 2.27. The number of rotatable bonds is 2. The molecule has 0 fully saturated rings. The predicted octanol–water partition coefficient (Wildman–Crippen LogP) is 1.35. The summed E-state index contributed by atoms with van der Waals surface area (Å²) in [6.45, 7) is 0. The molecule has 1 aliphatic rings. The van der Waals surface area contributed by atoms with Gasteiger partial charge in [-0.3, -0.25) is 9.59 Å². The van der Waals surface area contributed by atoms with E-state index >= 15 is 0 Å². The minimum atomic E-state index is -0.668. The van der Waals surface area contributed by atoms with Crippen LogP contribution < -0.4 is 5.73 Å². The third-order valence-electron chi connectivity index (χ3n) is 2.05. The molecule has 0 saturated carbocycles. The number of hydrogen-bond donors (Lipinski definition) is 1. The first kappa shape index (κ1) is 11.5. The van der Waals surface area contributed by atoms with Gasteiger partial charge in [0.25, 0.3) is 6.02 Å². The van der Waals surface area contributed by atoms with Gasteiger partial charge in [0.05, 0.1) is 0 Å². The SMILES string of the molecule is NC1=NC(=O)/C(=C(/Br)C(=O)c2ccccc2)O1. The van der Waals surface area contributed by atoms with Gasteiger partial charge in [-0.1, -0.05) is 30.3 Å². The number of ether oxygens (including phenoxy) is 1. The molecule has 0 radical (unpaired) electrons. The average molecular weight is 295 g/mol. The lowest BCUT2D eigenvalue weighted by Gasteiger charge is -2.02. The number of carbonyl (C=O) groups excluding carboxylic acids is 2. The molecule has 2 N–H and O–H groups in total. The van der Waals surface area contributed by atoms with Crippen LogP contribution in [0.25, 0.3) is 0 Å². The molecular formula is C11H7BrN2O3. The maximum Gasteiger partial charge on any atom is 0.318 e. The van der Waals surface area contributed by atoms with Gasteiger partial charge < -0.3 is 10.5 Å². The molecule has 1 aromatic carbocycles. The summed E-state index contributed by atoms with van der Waals surface area (Å²) in [7, 11) is 0. The maximum absolute atomic E-state index is 12.0. The average Bonchev–Trinajstić information content (AvgIpc) is 2.68. The number of allylic oxidation sites excluding steroid dienone is 1. The van der Waals surface area contributed by atoms with Gasteiger partial charge in [0.1, 0.15) is 4.48 Å². The van der Waals surface area contributed by atoms with E-state index in [9.17, 15) is 9.59 Å². The molecule has 0 atom stereocenters. The molecule has 0 saturated heterocycles. The summed E-state index contributed by atoms with van der Waals surface area (Å²) in [5, 5.41) is 0. The summed E-state index contributed by atoms with van der Waals surface area (Å²) in [5.74, 6) is -1.21. The van der Waals surface area contributed by atoms with Crippen LogP contribution in [0.2, 0.25) is 0 Å². The number of benzene rings is 1. The summed E-state index contributed by atoms with van der Waals surface area (Å²) >= 11 is 3.03. The van der Waals surface area contributed by atoms with Gasteiger partial charge in [0, 0.05) is 5.56 Å². The van der Waals surface area contributed by atoms with Gasteiger partial charge in [-0.25, -0.2) is 0 Å². The van der Waals surface area contributed by atoms with Gasteiger partial charge in [-0.15, -0.1) is 0 Å². The van der Waals surface area contributed by atoms with Crippen molar-refractivity contribution in [3.05, 3.63) is 46.1 Å². The van der Waals surface area contributed by atoms with E-state index in [1.54, 1.807) is 30.3 Å². The van der Waals surface area contributed by atoms with Crippen molar-refractivity contribution >= 4 is 33.6 Å². The number of amidine groups is 1. The zero-order valence-corrected chi connectivity index (χ0v) is 10.1. The molecule has 1 aliphatic heterocycles. The van der Waals surface area contributed by atoms with Crippen LogP contribution in [0.15, 0.2) is 45.6 Å². The third-order valence-corrected chi connectivity index (χ3v) is 2.77. The summed E-state index contributed by atoms with van der Waals surface area (Å²) in [4.78, 5) is 26.6. The molecule has 0 aliphatic carbocycles. The molecule has 0 spiro atoms. The van der Waals surface area contributed by atoms with Crippen LogP contribution in [-0.2, 0) is 9.53 Å². The molecule has 2 rings (SSSR count). The van der Waals surface area contributed by atoms with Crippen molar-refractivity contribution in [1.29, 1.82) is 0 Å². The second-order valence-corrected chi connectivity index (χ2v) is 3.99. The first-order chi connectivity index (χ1) is 8.09. The van der Waals surface area contributed by atoms with E-state index in [1.807, 2.05) is 0 Å². The van der Waals surface area contributed by atoms with Gasteiger partial charge in [0.15, 0.2) is 0 Å². The Morgan fingerprint density at radius 2 is 1.94 bits per heavy atom. The molecule has 17 heavy (non-hydrogen) atoms. The van der Waals surface area contributed by atoms with Crippen LogP contribution >= 0.6 is 15.9 Å². The van der Waals surface area contributed by atoms with Crippen LogP contribution in [0.4, 0.5) is 0 Å². The van der Waals surface area contributed by atoms with Crippen LogP contribution in [0.1, 0.15) is 10.4 Å². The van der Waals surface area contributed by atoms with Gasteiger partial charge in [-0.05, 0) is 15.9 Å². The number of amides is 1. The van der Waals surface area contributed by atoms with E-state index < -0.39 is 5.91 Å². The van der Waals surface area contributed by atoms with E-state index in [2.05, 4.69) is 20.9 Å². The van der Waals surface area contributed by atoms with E-state index in [1.165, 1.54) is 0 Å². The summed E-state index contributed by atoms with van der Waals surface area (Å²) in [5.41, 5.74) is 5.67. The first-order valence-electron chi connectivity index (χ1n) is 4.65. The normalized spacial score (nSPS) is 17.5. The van der Waals surface area contributed by atoms with Crippen LogP contribution in [0.3, 0.4) is 0 Å². The highest BCUT2D eigenvalue weighted by Crippen LogP contribution is 2.22. The molecule has 0 aromatic heterocycles. The molecule has 1 aromatic rings. The fourth-order valence-corrected chi connectivity index (χ4v) is 1.76. The van der Waals surface area contributed by atoms with E-state index in [4.69, 9.17) is 10.5 Å². The fraction of sp³-hybridized carbons (Fsp3) is 0. The smallest absolute Gasteiger partial charge is 0.318 e. The zero-order valence-electron chi connectivity index (χ0n) is 8.51. The third kappa shape index (κ3) is 2.26. The summed E-state index contributed by atoms with van der Waals surface area (Å²) in [6.07, 6.45) is 0. The van der Waals surface area contributed by atoms with Crippen LogP contribution in [-0.4, -0.2) is 17.7 Å². The number of nitrogens with two attached hydrogens (primary N) is 1. The number of carbonyl (C=O) groups is 2. The lowest BCUT2D eigenvalue weighted by Crippen LogP contribution is -2.11. The zero-order chi connectivity index (χ0) is 12.4. The Morgan fingerprint density at radius 1 is 1.29 bits per heavy atom. The Kier molecular flexibility index (Phi) is 3.06. The van der Waals surface area contributed by atoms with Crippen LogP contribution in [0, 0.1) is 0 Å². The predicted molar refractivity (Wildman–Crippen MR) is 64.4 cm³/mol. The van der Waals surface area contributed by atoms with Crippen LogP contribution in [0.5, 0.6) is 0 Å². The van der Waals surface area contributed by atoms with Crippen molar-refractivity contribution < 1.29 is 14.3 Å². The number of hydrogen-bond acceptors (Lipinski definition) is 4. The number of halogens is 1. The minimum absolute atomic E-state index is 0.0119. The second kappa shape index (κ2) is 4.50. The molecule has 5 nitrogen and oxygen atoms in total. The largest absolute Gasteiger partial charge is 0.419 e. The van der Waals surface area contributed by atoms with E-state index in [0.717, 1.165) is 0 Å². The monoisotopic (exact) mass is 294 g/mol. The highest BCUT2D eigenvalue weighted by atomic mass is 79.9. The van der Waals surface area contributed by atoms with Crippen molar-refractivity contribution in [2.75, 3.05) is 0 Å². The molecule has 6 heteroatoms. The van der Waals surface area contributed by atoms with Crippen molar-refractivity contribution in [1.82, 2.24) is 0 Å². The molecule has 1 heterocycles. The molecule has 0 unspecified atom stereocenters. The standard InChI is InChI=1S/C11H7BrN2O3/c12-7(9-10(16)14-11(13)17-9)8(15)6-4-2-1-3-5-6/h1-5H,(H2,13,14,16)/b9-7-. The van der Waals surface area contributed by atoms with Gasteiger partial charge >= 0.3 is 5.91 Å². The fourth-order valence-electron chi connectivity index (χ4n) is 1.28. The van der Waals surface area contributed by atoms with Crippen molar-refractivity contribution in [3.63, 3.8) is 0 Å². The quantitative estimate of drug-likeness (QED) is 0.659. The summed E-state index contributed by atoms with van der Waals surface area (Å²) in [6, 6.07) is 8.24. The first-order valence-corrected chi connectivity index (χ1v) is 5.45. The van der Waals surface area contributed by atoms with E-state index in [0.29, 0.717) is 5.56 Å². The lowest BCUT2D eigenvalue weighted by atomic mass is 10.1. The number of nitrogens with zero attached hydrogens (tertiary/aromatic N) is 1. The van der Waals surface area contributed by atoms with Gasteiger partial charge in [0.2, 0.25) is 11.5 Å². The minimum Gasteiger partial charge on any atom is -0.419 e. The summed E-state index contributed by atoms with van der Waals surface area (Å²) < 4.78 is 4.88. The topological polar surface area (TPSA) is 81.8 Å². The molecular weight excluding hydrogens is 288 g/mol. The van der Waals surface area contributed by atoms with Crippen molar-refractivity contribution in [2.45, 2.75) is 0 Å². The highest BCUT2D eigenvalue weighted by molar-refractivity contribution is 9.12. The Hall–Kier alpha value is -1.95. The number of Topliss-reactive ketones (excluding diaryl/α,β-unsaturated/α-hetero) is 1. The second-order valence-electron chi connectivity index (χ2n) is 3.20. The van der Waals surface area contributed by atoms with E-state index in [-0.39, 0.29) is 22.0 Å². The molecule has 86 valence electrons. The number of ketones is 1. The Balaban J connectivity index is 2.34. The molecule has 1 amide bonds. The van der Waals surface area contributed by atoms with Gasteiger partial charge in [-0.2, -0.15) is 4.99 Å². The molecule has 0 bridgehead atoms. The number of aliphatic imine (C=N–C) groups is 1. The lowest BCUT2D eigenvalue weighted by molar-refractivity contribution is -0.115. The Bertz CT molecular complexity index is 549. The Morgan fingerprint density at radius 3 is 2.47 bits per heavy atom. The maximum atomic E-state index is 12.0. The van der Waals surface area contributed by atoms with Crippen molar-refractivity contribution in [2.24, 2.45) is 10.7 Å². The Labute approximate surface area is 105 Å². The van der Waals surface area contributed by atoms with Crippen molar-refractivity contribution in [3.8, 4) is 0 Å².